The Labute approximate surface area is 293 Å². The maximum absolute atomic E-state index is 14.3. The number of nitrogens with one attached hydrogen (secondary N) is 3. The summed E-state index contributed by atoms with van der Waals surface area (Å²) in [5.41, 5.74) is -0.604. The molecule has 5 atom stereocenters. The molecular formula is C36H47N5O8S. The lowest BCUT2D eigenvalue weighted by Gasteiger charge is -2.30. The zero-order valence-corrected chi connectivity index (χ0v) is 29.7. The molecule has 1 aromatic carbocycles. The van der Waals surface area contributed by atoms with Crippen LogP contribution in [0.4, 0.5) is 4.79 Å². The number of carbonyl (C=O) groups excluding carboxylic acids is 4. The van der Waals surface area contributed by atoms with Crippen molar-refractivity contribution in [2.24, 2.45) is 5.92 Å². The number of nitrogens with zero attached hydrogens (tertiary/aromatic N) is 2. The molecule has 6 rings (SSSR count). The Hall–Kier alpha value is -4.04. The van der Waals surface area contributed by atoms with Gasteiger partial charge in [0.2, 0.25) is 21.8 Å². The van der Waals surface area contributed by atoms with Gasteiger partial charge < -0.3 is 25.0 Å². The fourth-order valence-corrected chi connectivity index (χ4v) is 8.19. The Balaban J connectivity index is 1.27. The average molecular weight is 710 g/mol. The van der Waals surface area contributed by atoms with Gasteiger partial charge in [-0.2, -0.15) is 0 Å². The lowest BCUT2D eigenvalue weighted by atomic mass is 10.0. The van der Waals surface area contributed by atoms with Crippen molar-refractivity contribution in [3.05, 3.63) is 54.2 Å². The second-order valence-electron chi connectivity index (χ2n) is 14.9. The molecule has 1 unspecified atom stereocenters. The number of hydrogen-bond acceptors (Lipinski definition) is 9. The monoisotopic (exact) mass is 709 g/mol. The molecule has 50 heavy (non-hydrogen) atoms. The first-order chi connectivity index (χ1) is 23.8. The fraction of sp³-hybridized carbons (Fsp3) is 0.583. The number of sulfonamides is 1. The molecule has 3 fully saturated rings. The van der Waals surface area contributed by atoms with Crippen molar-refractivity contribution in [3.63, 3.8) is 0 Å². The highest BCUT2D eigenvalue weighted by atomic mass is 32.2. The summed E-state index contributed by atoms with van der Waals surface area (Å²) in [5, 5.41) is 5.97. The number of alkyl carbamates (subject to hydrolysis) is 1. The van der Waals surface area contributed by atoms with Crippen LogP contribution in [0.3, 0.4) is 0 Å². The van der Waals surface area contributed by atoms with Crippen LogP contribution in [0.2, 0.25) is 0 Å². The summed E-state index contributed by atoms with van der Waals surface area (Å²) >= 11 is 0. The van der Waals surface area contributed by atoms with Crippen LogP contribution in [0.15, 0.2) is 48.7 Å². The molecule has 4 amide bonds. The van der Waals surface area contributed by atoms with Crippen molar-refractivity contribution < 1.29 is 37.1 Å². The molecule has 14 heteroatoms. The number of amides is 4. The molecule has 3 N–H and O–H groups in total. The van der Waals surface area contributed by atoms with Crippen LogP contribution in [0, 0.1) is 5.92 Å². The molecule has 2 aliphatic heterocycles. The normalized spacial score (nSPS) is 28.3. The van der Waals surface area contributed by atoms with Crippen LogP contribution in [0.5, 0.6) is 0 Å². The molecular weight excluding hydrogens is 662 g/mol. The van der Waals surface area contributed by atoms with E-state index in [-0.39, 0.29) is 26.0 Å². The predicted octanol–water partition coefficient (Wildman–Crippen LogP) is 3.62. The third-order valence-electron chi connectivity index (χ3n) is 9.72. The second kappa shape index (κ2) is 14.3. The van der Waals surface area contributed by atoms with Crippen molar-refractivity contribution in [2.75, 3.05) is 6.54 Å². The Morgan fingerprint density at radius 3 is 2.62 bits per heavy atom. The van der Waals surface area contributed by atoms with E-state index in [9.17, 15) is 27.6 Å². The lowest BCUT2D eigenvalue weighted by molar-refractivity contribution is -0.141. The summed E-state index contributed by atoms with van der Waals surface area (Å²) in [4.78, 5) is 61.0. The number of rotatable bonds is 7. The molecule has 4 aliphatic rings. The SMILES string of the molecule is CC(C)(C)OC(=O)NC1CCCCC/C=C\[C@@H]2C[C@@]2(C(=O)NS(=O)(=O)C2CC2)NC(=O)[C@@H]2C[C@@H](OCc3cccc4cccnc34)CN2C1=O. The summed E-state index contributed by atoms with van der Waals surface area (Å²) in [5.74, 6) is -2.21. The smallest absolute Gasteiger partial charge is 0.408 e. The van der Waals surface area contributed by atoms with Gasteiger partial charge in [0.15, 0.2) is 0 Å². The number of fused-ring (bicyclic) bond motifs is 3. The van der Waals surface area contributed by atoms with Crippen molar-refractivity contribution >= 4 is 44.7 Å². The van der Waals surface area contributed by atoms with Gasteiger partial charge in [-0.25, -0.2) is 13.2 Å². The zero-order chi connectivity index (χ0) is 35.7. The molecule has 270 valence electrons. The van der Waals surface area contributed by atoms with Gasteiger partial charge >= 0.3 is 6.09 Å². The summed E-state index contributed by atoms with van der Waals surface area (Å²) in [6, 6.07) is 7.61. The summed E-state index contributed by atoms with van der Waals surface area (Å²) in [6.45, 7) is 5.46. The molecule has 2 aliphatic carbocycles. The third-order valence-corrected chi connectivity index (χ3v) is 11.5. The van der Waals surface area contributed by atoms with Gasteiger partial charge in [0.05, 0.1) is 23.5 Å². The standard InChI is InChI=1S/C36H47N5O8S/c1-35(2,3)49-34(45)38-28-15-8-6-4-5-7-14-25-20-36(25,33(44)40-50(46,47)27-16-17-27)39-31(42)29-19-26(21-41(29)32(28)43)48-22-24-12-9-11-23-13-10-18-37-30(23)24/h7,9-14,18,25-29H,4-6,8,15-17,19-22H2,1-3H3,(H,38,45)(H,39,42)(H,40,44)/b14-7-/t25-,26-,28?,29+,36-/m1/s1. The lowest BCUT2D eigenvalue weighted by Crippen LogP contribution is -2.58. The van der Waals surface area contributed by atoms with Crippen molar-refractivity contribution in [3.8, 4) is 0 Å². The Bertz CT molecular complexity index is 1770. The molecule has 13 nitrogen and oxygen atoms in total. The molecule has 0 radical (unpaired) electrons. The summed E-state index contributed by atoms with van der Waals surface area (Å²) in [7, 11) is -3.86. The molecule has 1 saturated heterocycles. The highest BCUT2D eigenvalue weighted by Gasteiger charge is 2.62. The van der Waals surface area contributed by atoms with Crippen LogP contribution in [-0.4, -0.2) is 83.2 Å². The van der Waals surface area contributed by atoms with Crippen LogP contribution in [0.1, 0.15) is 84.1 Å². The van der Waals surface area contributed by atoms with E-state index in [1.807, 2.05) is 42.5 Å². The third kappa shape index (κ3) is 8.28. The van der Waals surface area contributed by atoms with Gasteiger partial charge in [-0.3, -0.25) is 24.1 Å². The van der Waals surface area contributed by atoms with E-state index in [0.29, 0.717) is 32.1 Å². The zero-order valence-electron chi connectivity index (χ0n) is 28.9. The minimum Gasteiger partial charge on any atom is -0.444 e. The first-order valence-corrected chi connectivity index (χ1v) is 19.1. The minimum atomic E-state index is -3.86. The maximum Gasteiger partial charge on any atom is 0.408 e. The first kappa shape index (κ1) is 35.8. The molecule has 2 saturated carbocycles. The number of pyridine rings is 1. The maximum atomic E-state index is 14.3. The van der Waals surface area contributed by atoms with Crippen LogP contribution < -0.4 is 15.4 Å². The largest absolute Gasteiger partial charge is 0.444 e. The number of allylic oxidation sites excluding steroid dienone is 1. The van der Waals surface area contributed by atoms with Crippen LogP contribution >= 0.6 is 0 Å². The van der Waals surface area contributed by atoms with Crippen LogP contribution in [-0.2, 0) is 40.5 Å². The number of para-hydroxylation sites is 1. The van der Waals surface area contributed by atoms with Gasteiger partial charge in [-0.1, -0.05) is 49.3 Å². The van der Waals surface area contributed by atoms with E-state index in [1.165, 1.54) is 4.90 Å². The number of carbonyl (C=O) groups is 4. The van der Waals surface area contributed by atoms with E-state index in [2.05, 4.69) is 20.3 Å². The number of benzene rings is 1. The van der Waals surface area contributed by atoms with Gasteiger partial charge in [-0.15, -0.1) is 0 Å². The molecule has 1 aromatic heterocycles. The van der Waals surface area contributed by atoms with E-state index in [4.69, 9.17) is 9.47 Å². The topological polar surface area (TPSA) is 173 Å². The number of hydrogen-bond donors (Lipinski definition) is 3. The predicted molar refractivity (Wildman–Crippen MR) is 185 cm³/mol. The number of aromatic nitrogens is 1. The van der Waals surface area contributed by atoms with Gasteiger partial charge in [0.1, 0.15) is 23.2 Å². The molecule has 0 bridgehead atoms. The Morgan fingerprint density at radius 1 is 1.08 bits per heavy atom. The Morgan fingerprint density at radius 2 is 1.86 bits per heavy atom. The van der Waals surface area contributed by atoms with E-state index in [0.717, 1.165) is 29.3 Å². The highest BCUT2D eigenvalue weighted by molar-refractivity contribution is 7.91. The fourth-order valence-electron chi connectivity index (χ4n) is 6.82. The first-order valence-electron chi connectivity index (χ1n) is 17.5. The van der Waals surface area contributed by atoms with E-state index in [1.54, 1.807) is 27.0 Å². The van der Waals surface area contributed by atoms with Gasteiger partial charge in [0.25, 0.3) is 5.91 Å². The minimum absolute atomic E-state index is 0.0696. The summed E-state index contributed by atoms with van der Waals surface area (Å²) in [6.07, 6.45) is 8.88. The quantitative estimate of drug-likeness (QED) is 0.363. The van der Waals surface area contributed by atoms with Gasteiger partial charge in [0, 0.05) is 36.0 Å². The van der Waals surface area contributed by atoms with E-state index >= 15 is 0 Å². The van der Waals surface area contributed by atoms with Crippen molar-refractivity contribution in [1.29, 1.82) is 0 Å². The molecule has 2 aromatic rings. The average Bonchev–Trinajstić information content (AvgIpc) is 3.98. The highest BCUT2D eigenvalue weighted by Crippen LogP contribution is 2.46. The van der Waals surface area contributed by atoms with Crippen molar-refractivity contribution in [1.82, 2.24) is 25.2 Å². The molecule has 0 spiro atoms. The molecule has 3 heterocycles. The van der Waals surface area contributed by atoms with Crippen LogP contribution in [0.25, 0.3) is 10.9 Å². The van der Waals surface area contributed by atoms with E-state index < -0.39 is 74.3 Å². The van der Waals surface area contributed by atoms with Crippen molar-refractivity contribution in [2.45, 2.75) is 120 Å². The second-order valence-corrected chi connectivity index (χ2v) is 16.8. The number of ether oxygens (including phenoxy) is 2. The Kier molecular flexibility index (Phi) is 10.2. The van der Waals surface area contributed by atoms with Gasteiger partial charge in [-0.05, 0) is 65.4 Å². The summed E-state index contributed by atoms with van der Waals surface area (Å²) < 4.78 is 39.5.